The summed E-state index contributed by atoms with van der Waals surface area (Å²) in [4.78, 5) is 2.33. The van der Waals surface area contributed by atoms with Gasteiger partial charge in [-0.2, -0.15) is 0 Å². The van der Waals surface area contributed by atoms with Gasteiger partial charge in [0.15, 0.2) is 0 Å². The van der Waals surface area contributed by atoms with Gasteiger partial charge in [0.05, 0.1) is 22.1 Å². The van der Waals surface area contributed by atoms with Gasteiger partial charge in [-0.15, -0.1) is 0 Å². The molecule has 0 aliphatic rings. The van der Waals surface area contributed by atoms with Gasteiger partial charge in [0, 0.05) is 50.0 Å². The van der Waals surface area contributed by atoms with Crippen molar-refractivity contribution in [1.29, 1.82) is 0 Å². The number of para-hydroxylation sites is 3. The number of nitrogens with zero attached hydrogens (tertiary/aromatic N) is 3. The van der Waals surface area contributed by atoms with Crippen LogP contribution in [0, 0.1) is 0 Å². The summed E-state index contributed by atoms with van der Waals surface area (Å²) >= 11 is 0. The Hall–Kier alpha value is -8.40. The summed E-state index contributed by atoms with van der Waals surface area (Å²) in [7, 11) is 0. The molecule has 0 N–H and O–H groups in total. The van der Waals surface area contributed by atoms with Crippen molar-refractivity contribution in [3.63, 3.8) is 0 Å². The molecule has 12 aromatic rings. The molecule has 0 spiro atoms. The van der Waals surface area contributed by atoms with Crippen LogP contribution in [0.15, 0.2) is 249 Å². The van der Waals surface area contributed by atoms with E-state index in [0.29, 0.717) is 0 Å². The average molecular weight is 804 g/mol. The maximum Gasteiger partial charge on any atom is 0.0641 e. The molecule has 10 aromatic carbocycles. The van der Waals surface area contributed by atoms with Crippen LogP contribution in [-0.2, 0) is 0 Å². The first-order valence-corrected chi connectivity index (χ1v) is 21.6. The van der Waals surface area contributed by atoms with E-state index in [2.05, 4.69) is 263 Å². The van der Waals surface area contributed by atoms with Crippen LogP contribution >= 0.6 is 0 Å². The summed E-state index contributed by atoms with van der Waals surface area (Å²) < 4.78 is 4.91. The van der Waals surface area contributed by atoms with Crippen molar-refractivity contribution >= 4 is 60.7 Å². The number of anilines is 3. The predicted octanol–water partition coefficient (Wildman–Crippen LogP) is 16.4. The largest absolute Gasteiger partial charge is 0.311 e. The molecule has 63 heavy (non-hydrogen) atoms. The van der Waals surface area contributed by atoms with Crippen molar-refractivity contribution in [2.24, 2.45) is 0 Å². The Balaban J connectivity index is 0.970. The van der Waals surface area contributed by atoms with Gasteiger partial charge in [-0.05, 0) is 112 Å². The van der Waals surface area contributed by atoms with Gasteiger partial charge in [-0.25, -0.2) is 0 Å². The van der Waals surface area contributed by atoms with Crippen LogP contribution in [0.4, 0.5) is 17.1 Å². The lowest BCUT2D eigenvalue weighted by atomic mass is 10.0. The monoisotopic (exact) mass is 803 g/mol. The van der Waals surface area contributed by atoms with Gasteiger partial charge in [0.1, 0.15) is 0 Å². The summed E-state index contributed by atoms with van der Waals surface area (Å²) in [5, 5.41) is 4.97. The molecule has 3 heteroatoms. The van der Waals surface area contributed by atoms with Gasteiger partial charge >= 0.3 is 0 Å². The van der Waals surface area contributed by atoms with Crippen LogP contribution in [0.2, 0.25) is 0 Å². The molecule has 3 nitrogen and oxygen atoms in total. The van der Waals surface area contributed by atoms with E-state index in [1.54, 1.807) is 0 Å². The fourth-order valence-electron chi connectivity index (χ4n) is 9.57. The average Bonchev–Trinajstić information content (AvgIpc) is 3.89. The molecular formula is C60H41N3. The molecule has 0 radical (unpaired) electrons. The Labute approximate surface area is 366 Å². The highest BCUT2D eigenvalue weighted by atomic mass is 15.1. The lowest BCUT2D eigenvalue weighted by molar-refractivity contribution is 1.17. The molecular weight excluding hydrogens is 763 g/mol. The zero-order valence-corrected chi connectivity index (χ0v) is 34.5. The van der Waals surface area contributed by atoms with Gasteiger partial charge in [-0.3, -0.25) is 0 Å². The van der Waals surface area contributed by atoms with Crippen molar-refractivity contribution in [3.05, 3.63) is 249 Å². The summed E-state index contributed by atoms with van der Waals surface area (Å²) in [6.45, 7) is 0. The Bertz CT molecular complexity index is 3570. The van der Waals surface area contributed by atoms with Crippen LogP contribution in [0.5, 0.6) is 0 Å². The highest BCUT2D eigenvalue weighted by Crippen LogP contribution is 2.43. The lowest BCUT2D eigenvalue weighted by Gasteiger charge is -2.26. The number of fused-ring (bicyclic) bond motifs is 7. The SMILES string of the molecule is c1ccc(-c2ccc(N(c3ccccc3)c3ccc(-c4cccc(-n5c6ccccc6c6ccc7c(c8ccccc8n7-c7ccc(-c8ccccc8)cc7)c65)c4)cc3)cc2)cc1. The third-order valence-corrected chi connectivity index (χ3v) is 12.5. The fraction of sp³-hybridized carbons (Fsp3) is 0. The van der Waals surface area contributed by atoms with Crippen molar-refractivity contribution in [3.8, 4) is 44.8 Å². The van der Waals surface area contributed by atoms with Crippen molar-refractivity contribution in [2.45, 2.75) is 0 Å². The molecule has 0 amide bonds. The Kier molecular flexibility index (Phi) is 8.83. The second-order valence-electron chi connectivity index (χ2n) is 16.2. The predicted molar refractivity (Wildman–Crippen MR) is 266 cm³/mol. The molecule has 0 unspecified atom stereocenters. The summed E-state index contributed by atoms with van der Waals surface area (Å²) in [6, 6.07) is 89.9. The summed E-state index contributed by atoms with van der Waals surface area (Å²) in [5.74, 6) is 0. The maximum absolute atomic E-state index is 2.48. The van der Waals surface area contributed by atoms with Crippen LogP contribution < -0.4 is 4.90 Å². The molecule has 0 aliphatic carbocycles. The normalized spacial score (nSPS) is 11.5. The zero-order chi connectivity index (χ0) is 41.7. The first-order valence-electron chi connectivity index (χ1n) is 21.6. The minimum atomic E-state index is 1.10. The van der Waals surface area contributed by atoms with E-state index >= 15 is 0 Å². The molecule has 0 fully saturated rings. The molecule has 296 valence electrons. The Morgan fingerprint density at radius 2 is 0.714 bits per heavy atom. The summed E-state index contributed by atoms with van der Waals surface area (Å²) in [5.41, 5.74) is 17.5. The van der Waals surface area contributed by atoms with Gasteiger partial charge in [-0.1, -0.05) is 170 Å². The highest BCUT2D eigenvalue weighted by Gasteiger charge is 2.21. The first-order chi connectivity index (χ1) is 31.3. The van der Waals surface area contributed by atoms with Crippen molar-refractivity contribution in [2.75, 3.05) is 4.90 Å². The standard InChI is InChI=1S/C60H41N3/c1-4-15-42(16-5-1)44-27-33-49(34-28-44)61(48-20-8-3-9-21-48)50-35-31-46(32-36-50)47-19-14-22-52(41-47)63-56-25-12-10-23-53(56)54-39-40-58-59(60(54)63)55-24-11-13-26-57(55)62(58)51-37-29-45(30-38-51)43-17-6-2-7-18-43/h1-41H. The molecule has 2 aromatic heterocycles. The van der Waals surface area contributed by atoms with Crippen LogP contribution in [0.1, 0.15) is 0 Å². The van der Waals surface area contributed by atoms with E-state index in [0.717, 1.165) is 39.6 Å². The first kappa shape index (κ1) is 36.5. The minimum absolute atomic E-state index is 1.10. The van der Waals surface area contributed by atoms with Crippen molar-refractivity contribution < 1.29 is 0 Å². The van der Waals surface area contributed by atoms with E-state index in [9.17, 15) is 0 Å². The smallest absolute Gasteiger partial charge is 0.0641 e. The zero-order valence-electron chi connectivity index (χ0n) is 34.5. The second kappa shape index (κ2) is 15.3. The lowest BCUT2D eigenvalue weighted by Crippen LogP contribution is -2.09. The fourth-order valence-corrected chi connectivity index (χ4v) is 9.57. The third kappa shape index (κ3) is 6.29. The molecule has 12 rings (SSSR count). The Morgan fingerprint density at radius 3 is 1.33 bits per heavy atom. The summed E-state index contributed by atoms with van der Waals surface area (Å²) in [6.07, 6.45) is 0. The molecule has 0 atom stereocenters. The number of hydrogen-bond acceptors (Lipinski definition) is 1. The molecule has 0 aliphatic heterocycles. The van der Waals surface area contributed by atoms with E-state index < -0.39 is 0 Å². The third-order valence-electron chi connectivity index (χ3n) is 12.5. The van der Waals surface area contributed by atoms with E-state index in [4.69, 9.17) is 0 Å². The van der Waals surface area contributed by atoms with E-state index in [-0.39, 0.29) is 0 Å². The van der Waals surface area contributed by atoms with Crippen molar-refractivity contribution in [1.82, 2.24) is 9.13 Å². The van der Waals surface area contributed by atoms with Crippen LogP contribution in [0.25, 0.3) is 88.4 Å². The van der Waals surface area contributed by atoms with Crippen LogP contribution in [-0.4, -0.2) is 9.13 Å². The number of benzene rings is 10. The van der Waals surface area contributed by atoms with Gasteiger partial charge in [0.25, 0.3) is 0 Å². The highest BCUT2D eigenvalue weighted by molar-refractivity contribution is 6.26. The molecule has 0 saturated carbocycles. The maximum atomic E-state index is 2.48. The van der Waals surface area contributed by atoms with E-state index in [1.165, 1.54) is 65.9 Å². The number of rotatable bonds is 8. The molecule has 2 heterocycles. The van der Waals surface area contributed by atoms with Crippen LogP contribution in [0.3, 0.4) is 0 Å². The minimum Gasteiger partial charge on any atom is -0.311 e. The van der Waals surface area contributed by atoms with E-state index in [1.807, 2.05) is 0 Å². The van der Waals surface area contributed by atoms with Gasteiger partial charge in [0.2, 0.25) is 0 Å². The quantitative estimate of drug-likeness (QED) is 0.149. The topological polar surface area (TPSA) is 13.1 Å². The number of aromatic nitrogens is 2. The second-order valence-corrected chi connectivity index (χ2v) is 16.2. The van der Waals surface area contributed by atoms with Gasteiger partial charge < -0.3 is 14.0 Å². The molecule has 0 saturated heterocycles. The Morgan fingerprint density at radius 1 is 0.254 bits per heavy atom. The molecule has 0 bridgehead atoms. The number of hydrogen-bond donors (Lipinski definition) is 0.